The summed E-state index contributed by atoms with van der Waals surface area (Å²) in [6.07, 6.45) is 1.08. The molecule has 2 aromatic carbocycles. The minimum atomic E-state index is -0.634. The van der Waals surface area contributed by atoms with Gasteiger partial charge in [-0.15, -0.1) is 0 Å². The third kappa shape index (κ3) is 3.77. The second-order valence-corrected chi connectivity index (χ2v) is 4.67. The third-order valence-electron chi connectivity index (χ3n) is 3.04. The maximum Gasteiger partial charge on any atom is 0.274 e. The zero-order valence-corrected chi connectivity index (χ0v) is 12.6. The van der Waals surface area contributed by atoms with Gasteiger partial charge in [0.05, 0.1) is 24.3 Å². The number of hydrogen-bond donors (Lipinski definition) is 3. The number of carbonyl (C=O) groups excluding carboxylic acids is 1. The van der Waals surface area contributed by atoms with Crippen molar-refractivity contribution in [2.75, 3.05) is 12.8 Å². The number of phenols is 1. The summed E-state index contributed by atoms with van der Waals surface area (Å²) in [5, 5.41) is 24.5. The highest BCUT2D eigenvalue weighted by molar-refractivity contribution is 5.96. The number of carbonyl (C=O) groups is 1. The number of non-ortho nitro benzene ring substituents is 1. The van der Waals surface area contributed by atoms with E-state index in [-0.39, 0.29) is 22.7 Å². The smallest absolute Gasteiger partial charge is 0.274 e. The Morgan fingerprint density at radius 1 is 1.42 bits per heavy atom. The molecule has 0 saturated heterocycles. The van der Waals surface area contributed by atoms with Crippen LogP contribution in [-0.4, -0.2) is 29.3 Å². The lowest BCUT2D eigenvalue weighted by molar-refractivity contribution is -0.385. The largest absolute Gasteiger partial charge is 0.504 e. The highest BCUT2D eigenvalue weighted by atomic mass is 16.6. The van der Waals surface area contributed by atoms with Crippen LogP contribution in [0.2, 0.25) is 0 Å². The molecule has 0 aliphatic carbocycles. The number of ether oxygens (including phenoxy) is 1. The summed E-state index contributed by atoms with van der Waals surface area (Å²) < 4.78 is 4.87. The van der Waals surface area contributed by atoms with Crippen LogP contribution in [-0.2, 0) is 0 Å². The van der Waals surface area contributed by atoms with E-state index in [1.165, 1.54) is 13.2 Å². The number of nitrogens with zero attached hydrogens (tertiary/aromatic N) is 2. The maximum atomic E-state index is 11.9. The van der Waals surface area contributed by atoms with Crippen molar-refractivity contribution < 1.29 is 19.6 Å². The molecule has 0 radical (unpaired) electrons. The minimum absolute atomic E-state index is 0.0222. The molecular formula is C15H14N4O5. The first-order valence-corrected chi connectivity index (χ1v) is 6.66. The molecule has 4 N–H and O–H groups in total. The van der Waals surface area contributed by atoms with Gasteiger partial charge in [-0.05, 0) is 18.2 Å². The van der Waals surface area contributed by atoms with E-state index in [2.05, 4.69) is 10.5 Å². The van der Waals surface area contributed by atoms with Gasteiger partial charge in [0, 0.05) is 22.9 Å². The van der Waals surface area contributed by atoms with E-state index in [4.69, 9.17) is 10.5 Å². The zero-order chi connectivity index (χ0) is 17.7. The van der Waals surface area contributed by atoms with E-state index < -0.39 is 10.8 Å². The molecule has 0 fully saturated rings. The second-order valence-electron chi connectivity index (χ2n) is 4.67. The molecule has 0 unspecified atom stereocenters. The fourth-order valence-electron chi connectivity index (χ4n) is 1.88. The van der Waals surface area contributed by atoms with E-state index in [1.807, 2.05) is 0 Å². The molecule has 0 aliphatic rings. The standard InChI is InChI=1S/C15H14N4O5/c1-24-13-7-12(19(22)23)6-10(14(13)20)8-17-18-15(21)9-3-2-4-11(16)5-9/h2-8,20H,16H2,1H3,(H,18,21)/b17-8-. The Hall–Kier alpha value is -3.62. The SMILES string of the molecule is COc1cc([N+](=O)[O-])cc(/C=N\NC(=O)c2cccc(N)c2)c1O. The number of methoxy groups -OCH3 is 1. The van der Waals surface area contributed by atoms with Crippen LogP contribution in [0.3, 0.4) is 0 Å². The first kappa shape index (κ1) is 16.7. The predicted molar refractivity (Wildman–Crippen MR) is 87.2 cm³/mol. The lowest BCUT2D eigenvalue weighted by atomic mass is 10.1. The van der Waals surface area contributed by atoms with Crippen LogP contribution in [0.15, 0.2) is 41.5 Å². The predicted octanol–water partition coefficient (Wildman–Crippen LogP) is 1.66. The Bertz CT molecular complexity index is 820. The number of anilines is 1. The minimum Gasteiger partial charge on any atom is -0.504 e. The Labute approximate surface area is 136 Å². The molecule has 0 spiro atoms. The van der Waals surface area contributed by atoms with Crippen molar-refractivity contribution >= 4 is 23.5 Å². The molecule has 24 heavy (non-hydrogen) atoms. The summed E-state index contributed by atoms with van der Waals surface area (Å²) in [5.74, 6) is -0.923. The van der Waals surface area contributed by atoms with Gasteiger partial charge in [-0.2, -0.15) is 5.10 Å². The van der Waals surface area contributed by atoms with Crippen molar-refractivity contribution in [1.29, 1.82) is 0 Å². The van der Waals surface area contributed by atoms with E-state index in [0.717, 1.165) is 18.3 Å². The van der Waals surface area contributed by atoms with Crippen molar-refractivity contribution in [3.63, 3.8) is 0 Å². The van der Waals surface area contributed by atoms with Crippen molar-refractivity contribution in [2.45, 2.75) is 0 Å². The fraction of sp³-hybridized carbons (Fsp3) is 0.0667. The van der Waals surface area contributed by atoms with E-state index in [1.54, 1.807) is 18.2 Å². The van der Waals surface area contributed by atoms with Crippen LogP contribution in [0.4, 0.5) is 11.4 Å². The number of nitro benzene ring substituents is 1. The summed E-state index contributed by atoms with van der Waals surface area (Å²) in [5.41, 5.74) is 8.29. The zero-order valence-electron chi connectivity index (χ0n) is 12.6. The summed E-state index contributed by atoms with van der Waals surface area (Å²) in [6, 6.07) is 8.46. The van der Waals surface area contributed by atoms with Crippen molar-refractivity contribution in [2.24, 2.45) is 5.10 Å². The normalized spacial score (nSPS) is 10.5. The van der Waals surface area contributed by atoms with Gasteiger partial charge in [-0.1, -0.05) is 6.07 Å². The van der Waals surface area contributed by atoms with Crippen molar-refractivity contribution in [3.05, 3.63) is 57.6 Å². The number of aromatic hydroxyl groups is 1. The van der Waals surface area contributed by atoms with Gasteiger partial charge in [-0.3, -0.25) is 14.9 Å². The molecule has 0 saturated carbocycles. The molecule has 0 bridgehead atoms. The molecule has 124 valence electrons. The lowest BCUT2D eigenvalue weighted by Crippen LogP contribution is -2.17. The first-order valence-electron chi connectivity index (χ1n) is 6.66. The maximum absolute atomic E-state index is 11.9. The Morgan fingerprint density at radius 3 is 2.79 bits per heavy atom. The number of rotatable bonds is 5. The van der Waals surface area contributed by atoms with Crippen LogP contribution in [0.25, 0.3) is 0 Å². The van der Waals surface area contributed by atoms with Gasteiger partial charge >= 0.3 is 0 Å². The van der Waals surface area contributed by atoms with Gasteiger partial charge in [0.1, 0.15) is 0 Å². The van der Waals surface area contributed by atoms with E-state index in [0.29, 0.717) is 11.3 Å². The number of nitrogens with two attached hydrogens (primary N) is 1. The number of amides is 1. The Kier molecular flexibility index (Phi) is 4.95. The van der Waals surface area contributed by atoms with Gasteiger partial charge < -0.3 is 15.6 Å². The van der Waals surface area contributed by atoms with Crippen molar-refractivity contribution in [3.8, 4) is 11.5 Å². The van der Waals surface area contributed by atoms with Crippen LogP contribution in [0, 0.1) is 10.1 Å². The third-order valence-corrected chi connectivity index (χ3v) is 3.04. The molecule has 0 aliphatic heterocycles. The second kappa shape index (κ2) is 7.09. The summed E-state index contributed by atoms with van der Waals surface area (Å²) >= 11 is 0. The van der Waals surface area contributed by atoms with Crippen LogP contribution < -0.4 is 15.9 Å². The topological polar surface area (TPSA) is 140 Å². The summed E-state index contributed by atoms with van der Waals surface area (Å²) in [7, 11) is 1.27. The number of benzene rings is 2. The number of nitro groups is 1. The number of phenolic OH excluding ortho intramolecular Hbond substituents is 1. The molecule has 2 aromatic rings. The van der Waals surface area contributed by atoms with Crippen LogP contribution in [0.1, 0.15) is 15.9 Å². The average molecular weight is 330 g/mol. The van der Waals surface area contributed by atoms with E-state index >= 15 is 0 Å². The molecule has 9 nitrogen and oxygen atoms in total. The monoisotopic (exact) mass is 330 g/mol. The Balaban J connectivity index is 2.21. The van der Waals surface area contributed by atoms with Gasteiger partial charge in [0.2, 0.25) is 0 Å². The van der Waals surface area contributed by atoms with Gasteiger partial charge in [0.15, 0.2) is 11.5 Å². The van der Waals surface area contributed by atoms with Crippen molar-refractivity contribution in [1.82, 2.24) is 5.43 Å². The summed E-state index contributed by atoms with van der Waals surface area (Å²) in [4.78, 5) is 22.1. The number of nitrogen functional groups attached to an aromatic ring is 1. The summed E-state index contributed by atoms with van der Waals surface area (Å²) in [6.45, 7) is 0. The highest BCUT2D eigenvalue weighted by Crippen LogP contribution is 2.33. The molecule has 9 heteroatoms. The highest BCUT2D eigenvalue weighted by Gasteiger charge is 2.15. The first-order chi connectivity index (χ1) is 11.4. The van der Waals surface area contributed by atoms with E-state index in [9.17, 15) is 20.0 Å². The molecule has 0 heterocycles. The van der Waals surface area contributed by atoms with Gasteiger partial charge in [0.25, 0.3) is 11.6 Å². The number of hydrazone groups is 1. The molecule has 0 atom stereocenters. The average Bonchev–Trinajstić information content (AvgIpc) is 2.56. The van der Waals surface area contributed by atoms with Gasteiger partial charge in [-0.25, -0.2) is 5.43 Å². The molecular weight excluding hydrogens is 316 g/mol. The quantitative estimate of drug-likeness (QED) is 0.329. The number of hydrogen-bond acceptors (Lipinski definition) is 7. The molecule has 2 rings (SSSR count). The van der Waals surface area contributed by atoms with Crippen LogP contribution in [0.5, 0.6) is 11.5 Å². The molecule has 1 amide bonds. The number of nitrogens with one attached hydrogen (secondary N) is 1. The fourth-order valence-corrected chi connectivity index (χ4v) is 1.88. The van der Waals surface area contributed by atoms with Crippen LogP contribution >= 0.6 is 0 Å². The lowest BCUT2D eigenvalue weighted by Gasteiger charge is -2.06. The Morgan fingerprint density at radius 2 is 2.17 bits per heavy atom. The molecule has 0 aromatic heterocycles.